The minimum atomic E-state index is -5.08. The van der Waals surface area contributed by atoms with Gasteiger partial charge in [-0.05, 0) is 32.4 Å². The molecule has 2 fully saturated rings. The zero-order chi connectivity index (χ0) is 15.3. The van der Waals surface area contributed by atoms with Crippen molar-refractivity contribution < 1.29 is 27.9 Å². The van der Waals surface area contributed by atoms with E-state index in [0.29, 0.717) is 18.0 Å². The molecule has 0 bridgehead atoms. The molecule has 20 heavy (non-hydrogen) atoms. The number of nitrogens with one attached hydrogen (secondary N) is 1. The number of aliphatic carboxylic acids is 1. The minimum absolute atomic E-state index is 0.374. The van der Waals surface area contributed by atoms with Gasteiger partial charge in [0.25, 0.3) is 0 Å². The van der Waals surface area contributed by atoms with Gasteiger partial charge in [0.05, 0.1) is 0 Å². The zero-order valence-corrected chi connectivity index (χ0v) is 11.2. The number of halogens is 3. The summed E-state index contributed by atoms with van der Waals surface area (Å²) in [6.45, 7) is 4.32. The van der Waals surface area contributed by atoms with E-state index in [4.69, 9.17) is 9.90 Å². The first-order valence-corrected chi connectivity index (χ1v) is 6.59. The van der Waals surface area contributed by atoms with Crippen LogP contribution in [0.1, 0.15) is 32.6 Å². The molecule has 0 aromatic carbocycles. The van der Waals surface area contributed by atoms with Crippen molar-refractivity contribution in [2.45, 2.75) is 50.9 Å². The van der Waals surface area contributed by atoms with E-state index in [9.17, 15) is 18.0 Å². The Morgan fingerprint density at radius 2 is 1.90 bits per heavy atom. The van der Waals surface area contributed by atoms with E-state index in [2.05, 4.69) is 17.1 Å². The van der Waals surface area contributed by atoms with E-state index in [0.717, 1.165) is 38.8 Å². The van der Waals surface area contributed by atoms with Crippen molar-refractivity contribution in [3.63, 3.8) is 0 Å². The first-order valence-electron chi connectivity index (χ1n) is 6.59. The van der Waals surface area contributed by atoms with Crippen molar-refractivity contribution in [2.24, 2.45) is 0 Å². The number of piperidine rings is 1. The van der Waals surface area contributed by atoms with Crippen LogP contribution in [0.3, 0.4) is 0 Å². The second-order valence-corrected chi connectivity index (χ2v) is 4.85. The van der Waals surface area contributed by atoms with Gasteiger partial charge in [0.15, 0.2) is 0 Å². The molecule has 0 unspecified atom stereocenters. The van der Waals surface area contributed by atoms with Crippen LogP contribution < -0.4 is 5.32 Å². The smallest absolute Gasteiger partial charge is 0.475 e. The van der Waals surface area contributed by atoms with Gasteiger partial charge in [-0.1, -0.05) is 6.92 Å². The first-order chi connectivity index (χ1) is 9.27. The van der Waals surface area contributed by atoms with E-state index in [-0.39, 0.29) is 0 Å². The van der Waals surface area contributed by atoms with Crippen molar-refractivity contribution in [1.82, 2.24) is 10.2 Å². The summed E-state index contributed by atoms with van der Waals surface area (Å²) in [5, 5.41) is 10.5. The summed E-state index contributed by atoms with van der Waals surface area (Å²) in [5.41, 5.74) is 0. The maximum atomic E-state index is 11.4. The normalized spacial score (nSPS) is 23.7. The SMILES string of the molecule is CC[C@H]1CC(=O)N1C1CCNCC1.O=C(O)C(F)(F)F. The molecule has 0 aliphatic carbocycles. The van der Waals surface area contributed by atoms with Crippen LogP contribution in [0.15, 0.2) is 0 Å². The Morgan fingerprint density at radius 3 is 2.25 bits per heavy atom. The molecule has 2 rings (SSSR count). The van der Waals surface area contributed by atoms with Crippen LogP contribution in [-0.4, -0.2) is 53.2 Å². The van der Waals surface area contributed by atoms with Crippen molar-refractivity contribution >= 4 is 11.9 Å². The van der Waals surface area contributed by atoms with Crippen LogP contribution in [0.4, 0.5) is 13.2 Å². The third-order valence-corrected chi connectivity index (χ3v) is 3.51. The van der Waals surface area contributed by atoms with Gasteiger partial charge in [0.1, 0.15) is 0 Å². The molecule has 5 nitrogen and oxygen atoms in total. The van der Waals surface area contributed by atoms with Crippen LogP contribution >= 0.6 is 0 Å². The average Bonchev–Trinajstić information content (AvgIpc) is 2.36. The van der Waals surface area contributed by atoms with Gasteiger partial charge >= 0.3 is 12.1 Å². The fraction of sp³-hybridized carbons (Fsp3) is 0.833. The van der Waals surface area contributed by atoms with Crippen LogP contribution in [0.5, 0.6) is 0 Å². The third kappa shape index (κ3) is 4.36. The lowest BCUT2D eigenvalue weighted by molar-refractivity contribution is -0.192. The topological polar surface area (TPSA) is 69.6 Å². The Hall–Kier alpha value is -1.31. The number of likely N-dealkylation sites (tertiary alicyclic amines) is 1. The van der Waals surface area contributed by atoms with Crippen LogP contribution in [0, 0.1) is 0 Å². The molecule has 0 aromatic heterocycles. The van der Waals surface area contributed by atoms with E-state index >= 15 is 0 Å². The lowest BCUT2D eigenvalue weighted by Crippen LogP contribution is -2.59. The fourth-order valence-electron chi connectivity index (χ4n) is 2.42. The number of carboxylic acid groups (broad SMARTS) is 1. The molecule has 2 aliphatic rings. The maximum Gasteiger partial charge on any atom is 0.490 e. The minimum Gasteiger partial charge on any atom is -0.475 e. The Kier molecular flexibility index (Phi) is 5.79. The Labute approximate surface area is 115 Å². The number of carbonyl (C=O) groups is 2. The Bertz CT molecular complexity index is 354. The van der Waals surface area contributed by atoms with E-state index < -0.39 is 12.1 Å². The van der Waals surface area contributed by atoms with Crippen molar-refractivity contribution in [2.75, 3.05) is 13.1 Å². The third-order valence-electron chi connectivity index (χ3n) is 3.51. The Balaban J connectivity index is 0.000000246. The van der Waals surface area contributed by atoms with Gasteiger partial charge in [-0.2, -0.15) is 13.2 Å². The summed E-state index contributed by atoms with van der Waals surface area (Å²) in [7, 11) is 0. The molecule has 2 N–H and O–H groups in total. The maximum absolute atomic E-state index is 11.4. The quantitative estimate of drug-likeness (QED) is 0.755. The summed E-state index contributed by atoms with van der Waals surface area (Å²) in [5.74, 6) is -2.38. The number of β-lactam (4-membered cyclic amide) rings is 1. The molecule has 1 atom stereocenters. The second kappa shape index (κ2) is 6.92. The number of rotatable bonds is 2. The van der Waals surface area contributed by atoms with Crippen LogP contribution in [0.2, 0.25) is 0 Å². The van der Waals surface area contributed by atoms with Gasteiger partial charge in [0, 0.05) is 18.5 Å². The largest absolute Gasteiger partial charge is 0.490 e. The highest BCUT2D eigenvalue weighted by atomic mass is 19.4. The molecular formula is C12H19F3N2O3. The summed E-state index contributed by atoms with van der Waals surface area (Å²) in [6, 6.07) is 1.09. The lowest BCUT2D eigenvalue weighted by atomic mass is 9.92. The molecule has 2 saturated heterocycles. The predicted octanol–water partition coefficient (Wildman–Crippen LogP) is 1.38. The molecule has 0 saturated carbocycles. The van der Waals surface area contributed by atoms with Gasteiger partial charge in [0.2, 0.25) is 5.91 Å². The molecular weight excluding hydrogens is 277 g/mol. The fourth-order valence-corrected chi connectivity index (χ4v) is 2.42. The molecule has 2 aliphatic heterocycles. The number of amides is 1. The second-order valence-electron chi connectivity index (χ2n) is 4.85. The highest BCUT2D eigenvalue weighted by Gasteiger charge is 2.39. The number of alkyl halides is 3. The van der Waals surface area contributed by atoms with Gasteiger partial charge < -0.3 is 15.3 Å². The molecule has 0 aromatic rings. The highest BCUT2D eigenvalue weighted by molar-refractivity contribution is 5.83. The van der Waals surface area contributed by atoms with Gasteiger partial charge in [-0.15, -0.1) is 0 Å². The Morgan fingerprint density at radius 1 is 1.40 bits per heavy atom. The number of hydrogen-bond donors (Lipinski definition) is 2. The van der Waals surface area contributed by atoms with E-state index in [1.54, 1.807) is 0 Å². The monoisotopic (exact) mass is 296 g/mol. The van der Waals surface area contributed by atoms with Crippen molar-refractivity contribution in [3.05, 3.63) is 0 Å². The summed E-state index contributed by atoms with van der Waals surface area (Å²) < 4.78 is 31.7. The molecule has 8 heteroatoms. The van der Waals surface area contributed by atoms with E-state index in [1.807, 2.05) is 0 Å². The van der Waals surface area contributed by atoms with Crippen molar-refractivity contribution in [3.8, 4) is 0 Å². The lowest BCUT2D eigenvalue weighted by Gasteiger charge is -2.47. The average molecular weight is 296 g/mol. The summed E-state index contributed by atoms with van der Waals surface area (Å²) in [4.78, 5) is 22.4. The molecule has 116 valence electrons. The number of nitrogens with zero attached hydrogens (tertiary/aromatic N) is 1. The standard InChI is InChI=1S/C10H18N2O.C2HF3O2/c1-2-8-7-10(13)12(8)9-3-5-11-6-4-9;3-2(4,5)1(6)7/h8-9,11H,2-7H2,1H3;(H,6,7)/t8-;/m0./s1. The van der Waals surface area contributed by atoms with E-state index in [1.165, 1.54) is 0 Å². The molecule has 2 heterocycles. The molecule has 0 spiro atoms. The van der Waals surface area contributed by atoms with Crippen LogP contribution in [-0.2, 0) is 9.59 Å². The predicted molar refractivity (Wildman–Crippen MR) is 65.1 cm³/mol. The van der Waals surface area contributed by atoms with Gasteiger partial charge in [-0.25, -0.2) is 4.79 Å². The van der Waals surface area contributed by atoms with Crippen molar-refractivity contribution in [1.29, 1.82) is 0 Å². The summed E-state index contributed by atoms with van der Waals surface area (Å²) in [6.07, 6.45) is -0.888. The molecule has 0 radical (unpaired) electrons. The first kappa shape index (κ1) is 16.7. The van der Waals surface area contributed by atoms with Gasteiger partial charge in [-0.3, -0.25) is 4.79 Å². The number of carbonyl (C=O) groups excluding carboxylic acids is 1. The summed E-state index contributed by atoms with van der Waals surface area (Å²) >= 11 is 0. The van der Waals surface area contributed by atoms with Crippen LogP contribution in [0.25, 0.3) is 0 Å². The highest BCUT2D eigenvalue weighted by Crippen LogP contribution is 2.28. The number of hydrogen-bond acceptors (Lipinski definition) is 3. The molecule has 1 amide bonds. The number of carboxylic acids is 1. The zero-order valence-electron chi connectivity index (χ0n) is 11.2.